The standard InChI is InChI=1S/C24H20F6O3/c25-23(26,27)22(24(28,29)30,18-7-9-19(31)10-8-18)17-5-2-14(3-6-17)13-33-21(32)20-12-15-1-4-16(20)11-15/h1-10,15-16,20,31H,11-13H2. The van der Waals surface area contributed by atoms with Crippen molar-refractivity contribution in [3.63, 3.8) is 0 Å². The van der Waals surface area contributed by atoms with E-state index in [0.717, 1.165) is 42.8 Å². The first kappa shape index (κ1) is 23.2. The molecule has 0 radical (unpaired) electrons. The molecule has 2 aliphatic rings. The molecule has 33 heavy (non-hydrogen) atoms. The van der Waals surface area contributed by atoms with Crippen LogP contribution in [0.2, 0.25) is 0 Å². The van der Waals surface area contributed by atoms with Crippen molar-refractivity contribution in [2.24, 2.45) is 17.8 Å². The molecule has 176 valence electrons. The predicted octanol–water partition coefficient (Wildman–Crippen LogP) is 6.06. The summed E-state index contributed by atoms with van der Waals surface area (Å²) in [6, 6.07) is 6.45. The van der Waals surface area contributed by atoms with Gasteiger partial charge in [-0.2, -0.15) is 26.3 Å². The first-order valence-corrected chi connectivity index (χ1v) is 10.3. The Morgan fingerprint density at radius 3 is 1.85 bits per heavy atom. The van der Waals surface area contributed by atoms with Crippen molar-refractivity contribution in [1.82, 2.24) is 0 Å². The van der Waals surface area contributed by atoms with Gasteiger partial charge >= 0.3 is 18.3 Å². The number of fused-ring (bicyclic) bond motifs is 2. The number of aromatic hydroxyl groups is 1. The molecule has 2 bridgehead atoms. The lowest BCUT2D eigenvalue weighted by atomic mass is 9.72. The van der Waals surface area contributed by atoms with Crippen LogP contribution in [0.25, 0.3) is 0 Å². The summed E-state index contributed by atoms with van der Waals surface area (Å²) < 4.78 is 89.8. The average Bonchev–Trinajstić information content (AvgIpc) is 3.36. The monoisotopic (exact) mass is 470 g/mol. The fourth-order valence-electron chi connectivity index (χ4n) is 4.86. The highest BCUT2D eigenvalue weighted by atomic mass is 19.4. The Kier molecular flexibility index (Phi) is 5.70. The Hall–Kier alpha value is -2.97. The van der Waals surface area contributed by atoms with Gasteiger partial charge in [-0.05, 0) is 53.5 Å². The Bertz CT molecular complexity index is 1020. The topological polar surface area (TPSA) is 46.5 Å². The number of benzene rings is 2. The Morgan fingerprint density at radius 1 is 0.848 bits per heavy atom. The maximum atomic E-state index is 14.1. The van der Waals surface area contributed by atoms with Gasteiger partial charge in [0, 0.05) is 0 Å². The maximum absolute atomic E-state index is 14.1. The van der Waals surface area contributed by atoms with Crippen LogP contribution in [-0.2, 0) is 21.6 Å². The van der Waals surface area contributed by atoms with E-state index in [2.05, 4.69) is 6.08 Å². The summed E-state index contributed by atoms with van der Waals surface area (Å²) in [6.07, 6.45) is -5.81. The number of carbonyl (C=O) groups excluding carboxylic acids is 1. The SMILES string of the molecule is O=C(OCc1ccc(C(c2ccc(O)cc2)(C(F)(F)F)C(F)(F)F)cc1)C1CC2C=CC1C2. The number of halogens is 6. The van der Waals surface area contributed by atoms with Gasteiger partial charge in [0.25, 0.3) is 0 Å². The molecule has 0 aromatic heterocycles. The molecule has 0 saturated heterocycles. The molecule has 1 saturated carbocycles. The third kappa shape index (κ3) is 3.98. The van der Waals surface area contributed by atoms with E-state index in [-0.39, 0.29) is 24.0 Å². The van der Waals surface area contributed by atoms with Gasteiger partial charge in [0.05, 0.1) is 5.92 Å². The zero-order valence-corrected chi connectivity index (χ0v) is 17.2. The number of carbonyl (C=O) groups is 1. The van der Waals surface area contributed by atoms with Crippen LogP contribution in [0.1, 0.15) is 29.5 Å². The van der Waals surface area contributed by atoms with Crippen molar-refractivity contribution < 1.29 is 41.0 Å². The Labute approximate surface area is 185 Å². The molecule has 3 atom stereocenters. The molecule has 2 aromatic carbocycles. The van der Waals surface area contributed by atoms with E-state index in [1.807, 2.05) is 6.08 Å². The van der Waals surface area contributed by atoms with Crippen molar-refractivity contribution in [1.29, 1.82) is 0 Å². The van der Waals surface area contributed by atoms with Gasteiger partial charge in [0.1, 0.15) is 12.4 Å². The van der Waals surface area contributed by atoms with Crippen LogP contribution in [0.15, 0.2) is 60.7 Å². The molecule has 1 N–H and O–H groups in total. The summed E-state index contributed by atoms with van der Waals surface area (Å²) in [4.78, 5) is 12.3. The molecular weight excluding hydrogens is 450 g/mol. The Balaban J connectivity index is 1.60. The summed E-state index contributed by atoms with van der Waals surface area (Å²) >= 11 is 0. The third-order valence-corrected chi connectivity index (χ3v) is 6.50. The number of esters is 1. The summed E-state index contributed by atoms with van der Waals surface area (Å²) in [6.45, 7) is -0.249. The number of hydrogen-bond acceptors (Lipinski definition) is 3. The average molecular weight is 470 g/mol. The molecule has 2 aliphatic carbocycles. The fourth-order valence-corrected chi connectivity index (χ4v) is 4.86. The third-order valence-electron chi connectivity index (χ3n) is 6.50. The van der Waals surface area contributed by atoms with Crippen LogP contribution in [0.4, 0.5) is 26.3 Å². The molecule has 3 unspecified atom stereocenters. The summed E-state index contributed by atoms with van der Waals surface area (Å²) in [5, 5.41) is 9.34. The lowest BCUT2D eigenvalue weighted by Gasteiger charge is -2.38. The maximum Gasteiger partial charge on any atom is 0.411 e. The summed E-state index contributed by atoms with van der Waals surface area (Å²) in [7, 11) is 0. The van der Waals surface area contributed by atoms with Crippen LogP contribution >= 0.6 is 0 Å². The van der Waals surface area contributed by atoms with Gasteiger partial charge in [0.15, 0.2) is 0 Å². The van der Waals surface area contributed by atoms with Crippen LogP contribution in [0, 0.1) is 17.8 Å². The van der Waals surface area contributed by atoms with E-state index in [1.165, 1.54) is 0 Å². The number of alkyl halides is 6. The van der Waals surface area contributed by atoms with Gasteiger partial charge in [-0.1, -0.05) is 48.6 Å². The van der Waals surface area contributed by atoms with E-state index in [4.69, 9.17) is 4.74 Å². The number of ether oxygens (including phenoxy) is 1. The van der Waals surface area contributed by atoms with E-state index in [1.54, 1.807) is 0 Å². The van der Waals surface area contributed by atoms with Gasteiger partial charge < -0.3 is 9.84 Å². The molecule has 4 rings (SSSR count). The van der Waals surface area contributed by atoms with Crippen LogP contribution < -0.4 is 0 Å². The minimum absolute atomic E-state index is 0.120. The minimum atomic E-state index is -5.72. The molecule has 3 nitrogen and oxygen atoms in total. The quantitative estimate of drug-likeness (QED) is 0.328. The van der Waals surface area contributed by atoms with E-state index >= 15 is 0 Å². The largest absolute Gasteiger partial charge is 0.508 e. The van der Waals surface area contributed by atoms with Gasteiger partial charge in [0.2, 0.25) is 5.41 Å². The smallest absolute Gasteiger partial charge is 0.411 e. The first-order valence-electron chi connectivity index (χ1n) is 10.3. The van der Waals surface area contributed by atoms with Crippen molar-refractivity contribution in [3.05, 3.63) is 77.4 Å². The normalized spacial score (nSPS) is 22.5. The van der Waals surface area contributed by atoms with Crippen molar-refractivity contribution >= 4 is 5.97 Å². The van der Waals surface area contributed by atoms with E-state index in [0.29, 0.717) is 24.5 Å². The van der Waals surface area contributed by atoms with Crippen LogP contribution in [-0.4, -0.2) is 23.4 Å². The molecule has 0 spiro atoms. The van der Waals surface area contributed by atoms with Crippen molar-refractivity contribution in [2.75, 3.05) is 0 Å². The zero-order valence-electron chi connectivity index (χ0n) is 17.2. The molecule has 2 aromatic rings. The van der Waals surface area contributed by atoms with E-state index < -0.39 is 40.6 Å². The number of phenols is 1. The lowest BCUT2D eigenvalue weighted by Crippen LogP contribution is -2.54. The first-order chi connectivity index (χ1) is 15.4. The number of allylic oxidation sites excluding steroid dienone is 2. The molecule has 0 aliphatic heterocycles. The van der Waals surface area contributed by atoms with Gasteiger partial charge in [-0.3, -0.25) is 4.79 Å². The molecule has 0 amide bonds. The number of rotatable bonds is 5. The Morgan fingerprint density at radius 2 is 1.39 bits per heavy atom. The van der Waals surface area contributed by atoms with E-state index in [9.17, 15) is 36.2 Å². The summed E-state index contributed by atoms with van der Waals surface area (Å²) in [5.74, 6) is -0.670. The highest BCUT2D eigenvalue weighted by molar-refractivity contribution is 5.74. The van der Waals surface area contributed by atoms with Gasteiger partial charge in [-0.25, -0.2) is 0 Å². The molecule has 9 heteroatoms. The highest BCUT2D eigenvalue weighted by Gasteiger charge is 2.72. The summed E-state index contributed by atoms with van der Waals surface area (Å²) in [5.41, 5.74) is -6.11. The molecule has 1 fully saturated rings. The second-order valence-electron chi connectivity index (χ2n) is 8.48. The van der Waals surface area contributed by atoms with Crippen LogP contribution in [0.5, 0.6) is 5.75 Å². The second-order valence-corrected chi connectivity index (χ2v) is 8.48. The van der Waals surface area contributed by atoms with Crippen LogP contribution in [0.3, 0.4) is 0 Å². The highest BCUT2D eigenvalue weighted by Crippen LogP contribution is 2.56. The van der Waals surface area contributed by atoms with Crippen molar-refractivity contribution in [3.8, 4) is 5.75 Å². The lowest BCUT2D eigenvalue weighted by molar-refractivity contribution is -0.288. The number of phenolic OH excluding ortho intramolecular Hbond substituents is 1. The van der Waals surface area contributed by atoms with Crippen molar-refractivity contribution in [2.45, 2.75) is 37.2 Å². The molecular formula is C24H20F6O3. The number of hydrogen-bond donors (Lipinski definition) is 1. The van der Waals surface area contributed by atoms with Gasteiger partial charge in [-0.15, -0.1) is 0 Å². The minimum Gasteiger partial charge on any atom is -0.508 e. The molecule has 0 heterocycles. The second kappa shape index (κ2) is 8.11. The zero-order chi connectivity index (χ0) is 24.0. The predicted molar refractivity (Wildman–Crippen MR) is 106 cm³/mol. The fraction of sp³-hybridized carbons (Fsp3) is 0.375.